The zero-order chi connectivity index (χ0) is 15.4. The van der Waals surface area contributed by atoms with Gasteiger partial charge in [-0.1, -0.05) is 0 Å². The van der Waals surface area contributed by atoms with E-state index >= 15 is 0 Å². The molecule has 21 heavy (non-hydrogen) atoms. The number of hydroxylamine groups is 4. The van der Waals surface area contributed by atoms with E-state index in [0.717, 1.165) is 0 Å². The van der Waals surface area contributed by atoms with Gasteiger partial charge < -0.3 is 19.8 Å². The predicted molar refractivity (Wildman–Crippen MR) is 53.3 cm³/mol. The summed E-state index contributed by atoms with van der Waals surface area (Å²) in [5.74, 6) is -3.94. The molecule has 0 saturated carbocycles. The van der Waals surface area contributed by atoms with Gasteiger partial charge in [0.25, 0.3) is 0 Å². The normalized spacial score (nSPS) is 24.3. The number of carbonyl (C=O) groups is 4. The van der Waals surface area contributed by atoms with E-state index in [1.807, 2.05) is 0 Å². The van der Waals surface area contributed by atoms with Gasteiger partial charge in [0.1, 0.15) is 0 Å². The minimum Gasteiger partial charge on any atom is -0.548 e. The minimum atomic E-state index is -1.41. The predicted octanol–water partition coefficient (Wildman–Crippen LogP) is -3.77. The molecule has 11 heteroatoms. The number of aliphatic carboxylic acids is 2. The van der Waals surface area contributed by atoms with Crippen molar-refractivity contribution in [1.82, 2.24) is 10.1 Å². The molecule has 10 nitrogen and oxygen atoms in total. The summed E-state index contributed by atoms with van der Waals surface area (Å²) in [5.41, 5.74) is 0. The van der Waals surface area contributed by atoms with Gasteiger partial charge >= 0.3 is 17.1 Å². The van der Waals surface area contributed by atoms with E-state index in [9.17, 15) is 29.4 Å². The molecule has 0 aromatic carbocycles. The molecule has 0 spiro atoms. The summed E-state index contributed by atoms with van der Waals surface area (Å²) < 4.78 is 0. The number of rotatable bonds is 2. The maximum absolute atomic E-state index is 10.5. The fraction of sp³-hybridized carbons (Fsp3) is 0.600. The number of amides is 2. The Hall–Kier alpha value is -1.68. The number of nitrogens with zero attached hydrogens (tertiary/aromatic N) is 2. The Labute approximate surface area is 129 Å². The Bertz CT molecular complexity index is 403. The van der Waals surface area contributed by atoms with Crippen molar-refractivity contribution in [2.24, 2.45) is 0 Å². The van der Waals surface area contributed by atoms with Crippen LogP contribution in [0.25, 0.3) is 0 Å². The third-order valence-electron chi connectivity index (χ3n) is 2.91. The van der Waals surface area contributed by atoms with Crippen molar-refractivity contribution in [2.45, 2.75) is 37.8 Å². The Morgan fingerprint density at radius 3 is 1.29 bits per heavy atom. The Balaban J connectivity index is 0.000000364. The Morgan fingerprint density at radius 2 is 1.19 bits per heavy atom. The zero-order valence-corrected chi connectivity index (χ0v) is 11.5. The molecule has 2 N–H and O–H groups in total. The van der Waals surface area contributed by atoms with Crippen LogP contribution in [0.3, 0.4) is 0 Å². The first-order valence-corrected chi connectivity index (χ1v) is 5.69. The number of carboxylic acid groups (broad SMARTS) is 2. The summed E-state index contributed by atoms with van der Waals surface area (Å²) in [6, 6.07) is -2.29. The van der Waals surface area contributed by atoms with E-state index in [-0.39, 0.29) is 52.9 Å². The van der Waals surface area contributed by atoms with E-state index in [2.05, 4.69) is 0 Å². The molecule has 2 rings (SSSR count). The summed E-state index contributed by atoms with van der Waals surface area (Å²) in [6.07, 6.45) is 0.430. The molecule has 2 amide bonds. The second-order valence-corrected chi connectivity index (χ2v) is 4.22. The van der Waals surface area contributed by atoms with Crippen LogP contribution in [0.15, 0.2) is 0 Å². The summed E-state index contributed by atoms with van der Waals surface area (Å²) >= 11 is 0. The Morgan fingerprint density at radius 1 is 0.905 bits per heavy atom. The standard InChI is InChI=1S/2C5H7NO4.Cu/c2*7-4-2-1-3(5(8)9)6(4)10;/h2*3,10H,1-2H2,(H,8,9);/q;;+2/p-2/t2*3-;/m00./s1. The largest absolute Gasteiger partial charge is 2.00 e. The van der Waals surface area contributed by atoms with Crippen molar-refractivity contribution < 1.29 is 56.9 Å². The third kappa shape index (κ3) is 4.67. The smallest absolute Gasteiger partial charge is 0.548 e. The number of hydrogen-bond acceptors (Lipinski definition) is 8. The van der Waals surface area contributed by atoms with Crippen LogP contribution < -0.4 is 10.2 Å². The molecule has 2 atom stereocenters. The number of carboxylic acids is 2. The summed E-state index contributed by atoms with van der Waals surface area (Å²) in [7, 11) is 0. The van der Waals surface area contributed by atoms with Gasteiger partial charge in [0.2, 0.25) is 11.8 Å². The molecular weight excluding hydrogens is 340 g/mol. The second-order valence-electron chi connectivity index (χ2n) is 4.22. The molecule has 2 heterocycles. The van der Waals surface area contributed by atoms with Crippen LogP contribution in [-0.4, -0.2) is 56.4 Å². The second kappa shape index (κ2) is 7.93. The van der Waals surface area contributed by atoms with Crippen LogP contribution >= 0.6 is 0 Å². The molecule has 2 fully saturated rings. The summed E-state index contributed by atoms with van der Waals surface area (Å²) in [4.78, 5) is 41.1. The van der Waals surface area contributed by atoms with Crippen LogP contribution in [0.4, 0.5) is 0 Å². The Kier molecular flexibility index (Phi) is 7.30. The summed E-state index contributed by atoms with van der Waals surface area (Å²) in [5, 5.41) is 38.0. The van der Waals surface area contributed by atoms with Crippen molar-refractivity contribution in [1.29, 1.82) is 0 Å². The molecule has 0 aromatic rings. The molecular formula is C10H12CuN2O8. The van der Waals surface area contributed by atoms with Crippen molar-refractivity contribution in [3.63, 3.8) is 0 Å². The summed E-state index contributed by atoms with van der Waals surface area (Å²) in [6.45, 7) is 0. The molecule has 0 bridgehead atoms. The van der Waals surface area contributed by atoms with Crippen LogP contribution in [0.2, 0.25) is 0 Å². The maximum Gasteiger partial charge on any atom is 2.00 e. The number of carbonyl (C=O) groups excluding carboxylic acids is 4. The first-order chi connectivity index (χ1) is 9.25. The third-order valence-corrected chi connectivity index (χ3v) is 2.91. The average Bonchev–Trinajstić information content (AvgIpc) is 2.86. The molecule has 2 aliphatic rings. The fourth-order valence-electron chi connectivity index (χ4n) is 1.78. The molecule has 0 aliphatic carbocycles. The average molecular weight is 352 g/mol. The van der Waals surface area contributed by atoms with Gasteiger partial charge in [0.05, 0.1) is 24.0 Å². The van der Waals surface area contributed by atoms with Crippen molar-refractivity contribution >= 4 is 23.8 Å². The van der Waals surface area contributed by atoms with Crippen LogP contribution in [0.5, 0.6) is 0 Å². The van der Waals surface area contributed by atoms with E-state index in [1.54, 1.807) is 0 Å². The first-order valence-electron chi connectivity index (χ1n) is 5.69. The molecule has 0 unspecified atom stereocenters. The van der Waals surface area contributed by atoms with Gasteiger partial charge in [-0.15, -0.1) is 0 Å². The molecule has 121 valence electrons. The van der Waals surface area contributed by atoms with Gasteiger partial charge in [-0.25, -0.2) is 10.1 Å². The number of hydrogen-bond donors (Lipinski definition) is 2. The first kappa shape index (κ1) is 19.3. The SMILES string of the molecule is O=C([O-])[C@@H]1CCC(=O)N1O.O=C([O-])[C@@H]1CCC(=O)N1O.[Cu+2]. The van der Waals surface area contributed by atoms with Crippen LogP contribution in [-0.2, 0) is 36.2 Å². The van der Waals surface area contributed by atoms with Gasteiger partial charge in [0.15, 0.2) is 0 Å². The van der Waals surface area contributed by atoms with Gasteiger partial charge in [-0.05, 0) is 12.8 Å². The molecule has 2 aliphatic heterocycles. The van der Waals surface area contributed by atoms with Crippen LogP contribution in [0.1, 0.15) is 25.7 Å². The molecule has 1 radical (unpaired) electrons. The van der Waals surface area contributed by atoms with Crippen molar-refractivity contribution in [2.75, 3.05) is 0 Å². The molecule has 0 aromatic heterocycles. The molecule has 2 saturated heterocycles. The zero-order valence-electron chi connectivity index (χ0n) is 10.5. The van der Waals surface area contributed by atoms with Gasteiger partial charge in [-0.2, -0.15) is 0 Å². The topological polar surface area (TPSA) is 161 Å². The van der Waals surface area contributed by atoms with E-state index in [4.69, 9.17) is 10.4 Å². The van der Waals surface area contributed by atoms with E-state index in [1.165, 1.54) is 0 Å². The van der Waals surface area contributed by atoms with Crippen LogP contribution in [0, 0.1) is 0 Å². The fourth-order valence-corrected chi connectivity index (χ4v) is 1.78. The van der Waals surface area contributed by atoms with Crippen molar-refractivity contribution in [3.8, 4) is 0 Å². The minimum absolute atomic E-state index is 0. The van der Waals surface area contributed by atoms with Gasteiger partial charge in [-0.3, -0.25) is 20.0 Å². The van der Waals surface area contributed by atoms with E-state index in [0.29, 0.717) is 0 Å². The van der Waals surface area contributed by atoms with E-state index < -0.39 is 35.8 Å². The maximum atomic E-state index is 10.5. The quantitative estimate of drug-likeness (QED) is 0.378. The van der Waals surface area contributed by atoms with Crippen molar-refractivity contribution in [3.05, 3.63) is 0 Å². The van der Waals surface area contributed by atoms with Gasteiger partial charge in [0, 0.05) is 12.8 Å². The monoisotopic (exact) mass is 351 g/mol.